The Bertz CT molecular complexity index is 486. The SMILES string of the molecule is CCn1nc(C)cc1C(=O)N1CCN(C2CNC2)CC1. The molecule has 20 heavy (non-hydrogen) atoms. The summed E-state index contributed by atoms with van der Waals surface area (Å²) >= 11 is 0. The van der Waals surface area contributed by atoms with E-state index in [-0.39, 0.29) is 5.91 Å². The van der Waals surface area contributed by atoms with Crippen LogP contribution in [0, 0.1) is 6.92 Å². The number of nitrogens with zero attached hydrogens (tertiary/aromatic N) is 4. The van der Waals surface area contributed by atoms with Gasteiger partial charge in [-0.25, -0.2) is 0 Å². The molecule has 0 saturated carbocycles. The number of hydrogen-bond donors (Lipinski definition) is 1. The van der Waals surface area contributed by atoms with E-state index in [9.17, 15) is 4.79 Å². The van der Waals surface area contributed by atoms with Gasteiger partial charge in [0.05, 0.1) is 5.69 Å². The fourth-order valence-electron chi connectivity index (χ4n) is 2.94. The third-order valence-electron chi connectivity index (χ3n) is 4.30. The summed E-state index contributed by atoms with van der Waals surface area (Å²) in [5.74, 6) is 0.124. The topological polar surface area (TPSA) is 53.4 Å². The summed E-state index contributed by atoms with van der Waals surface area (Å²) in [6.07, 6.45) is 0. The van der Waals surface area contributed by atoms with E-state index in [4.69, 9.17) is 0 Å². The van der Waals surface area contributed by atoms with Crippen LogP contribution in [-0.2, 0) is 6.54 Å². The Hall–Kier alpha value is -1.40. The first-order chi connectivity index (χ1) is 9.69. The summed E-state index contributed by atoms with van der Waals surface area (Å²) in [7, 11) is 0. The fraction of sp³-hybridized carbons (Fsp3) is 0.714. The zero-order valence-electron chi connectivity index (χ0n) is 12.3. The maximum atomic E-state index is 12.6. The molecule has 2 aliphatic heterocycles. The van der Waals surface area contributed by atoms with Crippen LogP contribution in [0.1, 0.15) is 23.1 Å². The van der Waals surface area contributed by atoms with E-state index in [1.807, 2.05) is 24.8 Å². The molecule has 6 heteroatoms. The van der Waals surface area contributed by atoms with Gasteiger partial charge in [-0.2, -0.15) is 5.10 Å². The highest BCUT2D eigenvalue weighted by molar-refractivity contribution is 5.92. The van der Waals surface area contributed by atoms with Gasteiger partial charge in [-0.15, -0.1) is 0 Å². The van der Waals surface area contributed by atoms with Crippen LogP contribution in [0.5, 0.6) is 0 Å². The molecular formula is C14H23N5O. The van der Waals surface area contributed by atoms with Crippen LogP contribution in [0.4, 0.5) is 0 Å². The first-order valence-electron chi connectivity index (χ1n) is 7.47. The predicted molar refractivity (Wildman–Crippen MR) is 76.8 cm³/mol. The van der Waals surface area contributed by atoms with Crippen molar-refractivity contribution in [3.8, 4) is 0 Å². The molecule has 0 bridgehead atoms. The van der Waals surface area contributed by atoms with Gasteiger partial charge in [0, 0.05) is 51.9 Å². The van der Waals surface area contributed by atoms with Crippen molar-refractivity contribution in [3.63, 3.8) is 0 Å². The van der Waals surface area contributed by atoms with Gasteiger partial charge < -0.3 is 10.2 Å². The van der Waals surface area contributed by atoms with Crippen molar-refractivity contribution in [2.45, 2.75) is 26.4 Å². The molecule has 6 nitrogen and oxygen atoms in total. The van der Waals surface area contributed by atoms with Crippen molar-refractivity contribution >= 4 is 5.91 Å². The first kappa shape index (κ1) is 13.6. The molecule has 0 aliphatic carbocycles. The molecule has 1 N–H and O–H groups in total. The highest BCUT2D eigenvalue weighted by Crippen LogP contribution is 2.13. The van der Waals surface area contributed by atoms with Crippen LogP contribution in [0.15, 0.2) is 6.07 Å². The van der Waals surface area contributed by atoms with Crippen LogP contribution >= 0.6 is 0 Å². The third-order valence-corrected chi connectivity index (χ3v) is 4.30. The number of hydrogen-bond acceptors (Lipinski definition) is 4. The van der Waals surface area contributed by atoms with Crippen molar-refractivity contribution in [1.29, 1.82) is 0 Å². The fourth-order valence-corrected chi connectivity index (χ4v) is 2.94. The molecule has 0 spiro atoms. The molecule has 3 rings (SSSR count). The maximum Gasteiger partial charge on any atom is 0.272 e. The second-order valence-electron chi connectivity index (χ2n) is 5.63. The Labute approximate surface area is 119 Å². The van der Waals surface area contributed by atoms with E-state index >= 15 is 0 Å². The number of aromatic nitrogens is 2. The highest BCUT2D eigenvalue weighted by atomic mass is 16.2. The molecule has 2 saturated heterocycles. The van der Waals surface area contributed by atoms with Crippen LogP contribution in [0.3, 0.4) is 0 Å². The predicted octanol–water partition coefficient (Wildman–Crippen LogP) is -0.0590. The minimum absolute atomic E-state index is 0.124. The molecular weight excluding hydrogens is 254 g/mol. The Kier molecular flexibility index (Phi) is 3.76. The average Bonchev–Trinajstić information content (AvgIpc) is 2.78. The molecule has 1 amide bonds. The Morgan fingerprint density at radius 3 is 2.60 bits per heavy atom. The van der Waals surface area contributed by atoms with E-state index in [1.54, 1.807) is 4.68 Å². The second kappa shape index (κ2) is 5.54. The first-order valence-corrected chi connectivity index (χ1v) is 7.47. The highest BCUT2D eigenvalue weighted by Gasteiger charge is 2.30. The molecule has 3 heterocycles. The molecule has 2 fully saturated rings. The minimum atomic E-state index is 0.124. The van der Waals surface area contributed by atoms with E-state index in [0.717, 1.165) is 57.2 Å². The van der Waals surface area contributed by atoms with Crippen molar-refractivity contribution < 1.29 is 4.79 Å². The third kappa shape index (κ3) is 2.45. The Balaban J connectivity index is 1.63. The lowest BCUT2D eigenvalue weighted by Crippen LogP contribution is -2.62. The van der Waals surface area contributed by atoms with Crippen molar-refractivity contribution in [3.05, 3.63) is 17.5 Å². The van der Waals surface area contributed by atoms with Gasteiger partial charge >= 0.3 is 0 Å². The number of carbonyl (C=O) groups is 1. The van der Waals surface area contributed by atoms with Crippen LogP contribution in [0.25, 0.3) is 0 Å². The lowest BCUT2D eigenvalue weighted by Gasteiger charge is -2.43. The van der Waals surface area contributed by atoms with Gasteiger partial charge in [-0.3, -0.25) is 14.4 Å². The average molecular weight is 277 g/mol. The summed E-state index contributed by atoms with van der Waals surface area (Å²) in [6.45, 7) is 10.5. The summed E-state index contributed by atoms with van der Waals surface area (Å²) in [4.78, 5) is 17.0. The molecule has 110 valence electrons. The number of aryl methyl sites for hydroxylation is 2. The van der Waals surface area contributed by atoms with Gasteiger partial charge in [-0.05, 0) is 19.9 Å². The summed E-state index contributed by atoms with van der Waals surface area (Å²) in [5, 5.41) is 7.66. The van der Waals surface area contributed by atoms with Gasteiger partial charge in [0.15, 0.2) is 0 Å². The maximum absolute atomic E-state index is 12.6. The Morgan fingerprint density at radius 1 is 1.35 bits per heavy atom. The lowest BCUT2D eigenvalue weighted by molar-refractivity contribution is 0.0492. The largest absolute Gasteiger partial charge is 0.335 e. The van der Waals surface area contributed by atoms with Crippen LogP contribution < -0.4 is 5.32 Å². The molecule has 1 aromatic heterocycles. The molecule has 2 aliphatic rings. The van der Waals surface area contributed by atoms with Crippen LogP contribution in [-0.4, -0.2) is 70.8 Å². The lowest BCUT2D eigenvalue weighted by atomic mass is 10.1. The molecule has 0 atom stereocenters. The van der Waals surface area contributed by atoms with Crippen molar-refractivity contribution in [1.82, 2.24) is 24.9 Å². The molecule has 0 radical (unpaired) electrons. The van der Waals surface area contributed by atoms with E-state index in [2.05, 4.69) is 15.3 Å². The monoisotopic (exact) mass is 277 g/mol. The van der Waals surface area contributed by atoms with E-state index in [0.29, 0.717) is 6.04 Å². The normalized spacial score (nSPS) is 21.0. The minimum Gasteiger partial charge on any atom is -0.335 e. The summed E-state index contributed by atoms with van der Waals surface area (Å²) in [5.41, 5.74) is 1.64. The number of piperazine rings is 1. The molecule has 0 unspecified atom stereocenters. The van der Waals surface area contributed by atoms with Crippen LogP contribution in [0.2, 0.25) is 0 Å². The molecule has 0 aromatic carbocycles. The standard InChI is InChI=1S/C14H23N5O/c1-3-19-13(8-11(2)16-19)14(20)18-6-4-17(5-7-18)12-9-15-10-12/h8,12,15H,3-7,9-10H2,1-2H3. The van der Waals surface area contributed by atoms with Crippen molar-refractivity contribution in [2.75, 3.05) is 39.3 Å². The number of amides is 1. The van der Waals surface area contributed by atoms with Gasteiger partial charge in [0.2, 0.25) is 0 Å². The zero-order chi connectivity index (χ0) is 14.1. The van der Waals surface area contributed by atoms with E-state index in [1.165, 1.54) is 0 Å². The molecule has 1 aromatic rings. The number of nitrogens with one attached hydrogen (secondary N) is 1. The quantitative estimate of drug-likeness (QED) is 0.841. The number of carbonyl (C=O) groups excluding carboxylic acids is 1. The smallest absolute Gasteiger partial charge is 0.272 e. The van der Waals surface area contributed by atoms with Gasteiger partial charge in [0.1, 0.15) is 5.69 Å². The summed E-state index contributed by atoms with van der Waals surface area (Å²) in [6, 6.07) is 2.57. The second-order valence-corrected chi connectivity index (χ2v) is 5.63. The summed E-state index contributed by atoms with van der Waals surface area (Å²) < 4.78 is 1.81. The zero-order valence-corrected chi connectivity index (χ0v) is 12.3. The van der Waals surface area contributed by atoms with Gasteiger partial charge in [-0.1, -0.05) is 0 Å². The Morgan fingerprint density at radius 2 is 2.05 bits per heavy atom. The number of rotatable bonds is 3. The van der Waals surface area contributed by atoms with Crippen molar-refractivity contribution in [2.24, 2.45) is 0 Å². The van der Waals surface area contributed by atoms with Gasteiger partial charge in [0.25, 0.3) is 5.91 Å². The van der Waals surface area contributed by atoms with E-state index < -0.39 is 0 Å².